The number of allylic oxidation sites excluding steroid dienone is 1. The van der Waals surface area contributed by atoms with Gasteiger partial charge in [0.1, 0.15) is 23.2 Å². The minimum atomic E-state index is -0.678. The van der Waals surface area contributed by atoms with Gasteiger partial charge in [0.15, 0.2) is 11.5 Å². The standard InChI is InChI=1S/C22H19FN4O4/c1-28-15-9-17(30-3)16(29-2)8-13(15)18-14(10-24)21(25)31-22-19(18)20(26-27-22)11-4-6-12(23)7-5-11/h4-9,18H,25H2,1-3H3,(H,26,27). The van der Waals surface area contributed by atoms with E-state index in [-0.39, 0.29) is 23.2 Å². The van der Waals surface area contributed by atoms with Crippen molar-refractivity contribution in [2.24, 2.45) is 5.73 Å². The van der Waals surface area contributed by atoms with Crippen LogP contribution in [0.15, 0.2) is 47.9 Å². The third kappa shape index (κ3) is 3.28. The summed E-state index contributed by atoms with van der Waals surface area (Å²) >= 11 is 0. The number of nitrogens with two attached hydrogens (primary N) is 1. The number of benzene rings is 2. The first-order chi connectivity index (χ1) is 15.0. The summed E-state index contributed by atoms with van der Waals surface area (Å²) in [6, 6.07) is 11.4. The summed E-state index contributed by atoms with van der Waals surface area (Å²) in [5, 5.41) is 17.0. The summed E-state index contributed by atoms with van der Waals surface area (Å²) in [5.74, 6) is 0.496. The Morgan fingerprint density at radius 3 is 2.32 bits per heavy atom. The molecular formula is C22H19FN4O4. The van der Waals surface area contributed by atoms with Gasteiger partial charge >= 0.3 is 0 Å². The summed E-state index contributed by atoms with van der Waals surface area (Å²) in [6.07, 6.45) is 0. The number of aromatic nitrogens is 2. The van der Waals surface area contributed by atoms with Gasteiger partial charge in [0, 0.05) is 17.2 Å². The lowest BCUT2D eigenvalue weighted by Gasteiger charge is -2.26. The van der Waals surface area contributed by atoms with Crippen LogP contribution in [0.1, 0.15) is 17.0 Å². The molecule has 0 saturated heterocycles. The topological polar surface area (TPSA) is 115 Å². The van der Waals surface area contributed by atoms with Crippen molar-refractivity contribution < 1.29 is 23.3 Å². The van der Waals surface area contributed by atoms with Gasteiger partial charge in [0.2, 0.25) is 11.8 Å². The van der Waals surface area contributed by atoms with Gasteiger partial charge in [-0.15, -0.1) is 5.10 Å². The number of nitrogens with zero attached hydrogens (tertiary/aromatic N) is 2. The van der Waals surface area contributed by atoms with Crippen LogP contribution in [-0.4, -0.2) is 31.5 Å². The average Bonchev–Trinajstić information content (AvgIpc) is 3.20. The Morgan fingerprint density at radius 2 is 1.71 bits per heavy atom. The lowest BCUT2D eigenvalue weighted by Crippen LogP contribution is -2.21. The highest BCUT2D eigenvalue weighted by molar-refractivity contribution is 5.72. The van der Waals surface area contributed by atoms with Crippen molar-refractivity contribution >= 4 is 0 Å². The van der Waals surface area contributed by atoms with Crippen molar-refractivity contribution in [3.05, 3.63) is 64.8 Å². The fourth-order valence-corrected chi connectivity index (χ4v) is 3.67. The van der Waals surface area contributed by atoms with Gasteiger partial charge in [-0.2, -0.15) is 5.26 Å². The number of fused-ring (bicyclic) bond motifs is 1. The second-order valence-electron chi connectivity index (χ2n) is 6.70. The first-order valence-corrected chi connectivity index (χ1v) is 9.24. The lowest BCUT2D eigenvalue weighted by atomic mass is 9.82. The monoisotopic (exact) mass is 422 g/mol. The zero-order chi connectivity index (χ0) is 22.1. The van der Waals surface area contributed by atoms with E-state index in [2.05, 4.69) is 16.3 Å². The van der Waals surface area contributed by atoms with Gasteiger partial charge in [-0.3, -0.25) is 5.10 Å². The molecule has 1 unspecified atom stereocenters. The van der Waals surface area contributed by atoms with Gasteiger partial charge in [-0.25, -0.2) is 4.39 Å². The van der Waals surface area contributed by atoms with Crippen LogP contribution in [0.2, 0.25) is 0 Å². The third-order valence-electron chi connectivity index (χ3n) is 5.12. The Kier molecular flexibility index (Phi) is 5.13. The molecule has 1 aromatic heterocycles. The van der Waals surface area contributed by atoms with Crippen molar-refractivity contribution in [2.75, 3.05) is 21.3 Å². The number of aromatic amines is 1. The molecule has 0 amide bonds. The molecule has 3 N–H and O–H groups in total. The van der Waals surface area contributed by atoms with Gasteiger partial charge in [-0.1, -0.05) is 0 Å². The highest BCUT2D eigenvalue weighted by Gasteiger charge is 2.37. The lowest BCUT2D eigenvalue weighted by molar-refractivity contribution is 0.346. The maximum absolute atomic E-state index is 13.5. The fraction of sp³-hybridized carbons (Fsp3) is 0.182. The van der Waals surface area contributed by atoms with Gasteiger partial charge in [-0.05, 0) is 30.3 Å². The SMILES string of the molecule is COc1cc(OC)c(C2C(C#N)=C(N)Oc3n[nH]c(-c4ccc(F)cc4)c32)cc1OC. The van der Waals surface area contributed by atoms with Gasteiger partial charge < -0.3 is 24.7 Å². The molecule has 31 heavy (non-hydrogen) atoms. The second-order valence-corrected chi connectivity index (χ2v) is 6.70. The molecular weight excluding hydrogens is 403 g/mol. The second kappa shape index (κ2) is 7.91. The molecule has 3 aromatic rings. The smallest absolute Gasteiger partial charge is 0.244 e. The molecule has 0 fully saturated rings. The summed E-state index contributed by atoms with van der Waals surface area (Å²) < 4.78 is 35.5. The van der Waals surface area contributed by atoms with E-state index >= 15 is 0 Å². The number of nitrogens with one attached hydrogen (secondary N) is 1. The van der Waals surface area contributed by atoms with E-state index < -0.39 is 5.92 Å². The van der Waals surface area contributed by atoms with E-state index in [0.717, 1.165) is 0 Å². The predicted octanol–water partition coefficient (Wildman–Crippen LogP) is 3.46. The van der Waals surface area contributed by atoms with Crippen molar-refractivity contribution in [2.45, 2.75) is 5.92 Å². The molecule has 1 atom stereocenters. The van der Waals surface area contributed by atoms with Gasteiger partial charge in [0.05, 0.1) is 38.5 Å². The number of rotatable bonds is 5. The van der Waals surface area contributed by atoms with Crippen LogP contribution in [0.3, 0.4) is 0 Å². The maximum Gasteiger partial charge on any atom is 0.244 e. The van der Waals surface area contributed by atoms with Crippen LogP contribution in [0.4, 0.5) is 4.39 Å². The van der Waals surface area contributed by atoms with Crippen molar-refractivity contribution in [3.63, 3.8) is 0 Å². The number of ether oxygens (including phenoxy) is 4. The van der Waals surface area contributed by atoms with Crippen LogP contribution >= 0.6 is 0 Å². The largest absolute Gasteiger partial charge is 0.496 e. The molecule has 1 aliphatic heterocycles. The van der Waals surface area contributed by atoms with Crippen molar-refractivity contribution in [3.8, 4) is 40.5 Å². The van der Waals surface area contributed by atoms with E-state index in [0.29, 0.717) is 39.6 Å². The Balaban J connectivity index is 2.00. The molecule has 158 valence electrons. The highest BCUT2D eigenvalue weighted by Crippen LogP contribution is 2.50. The van der Waals surface area contributed by atoms with E-state index in [1.54, 1.807) is 24.3 Å². The Labute approximate surface area is 177 Å². The number of methoxy groups -OCH3 is 3. The van der Waals surface area contributed by atoms with Crippen LogP contribution in [0.5, 0.6) is 23.1 Å². The zero-order valence-electron chi connectivity index (χ0n) is 17.0. The average molecular weight is 422 g/mol. The predicted molar refractivity (Wildman–Crippen MR) is 109 cm³/mol. The van der Waals surface area contributed by atoms with Gasteiger partial charge in [0.25, 0.3) is 0 Å². The normalized spacial score (nSPS) is 15.0. The first kappa shape index (κ1) is 20.1. The van der Waals surface area contributed by atoms with E-state index in [1.165, 1.54) is 33.5 Å². The number of hydrogen-bond donors (Lipinski definition) is 2. The molecule has 8 nitrogen and oxygen atoms in total. The van der Waals surface area contributed by atoms with Crippen LogP contribution in [0.25, 0.3) is 11.3 Å². The molecule has 1 aliphatic rings. The molecule has 2 heterocycles. The number of H-pyrrole nitrogens is 1. The number of halogens is 1. The Morgan fingerprint density at radius 1 is 1.06 bits per heavy atom. The van der Waals surface area contributed by atoms with Crippen molar-refractivity contribution in [1.82, 2.24) is 10.2 Å². The van der Waals surface area contributed by atoms with E-state index in [9.17, 15) is 9.65 Å². The first-order valence-electron chi connectivity index (χ1n) is 9.24. The molecule has 9 heteroatoms. The van der Waals surface area contributed by atoms with Crippen LogP contribution in [0, 0.1) is 17.1 Å². The zero-order valence-corrected chi connectivity index (χ0v) is 17.0. The molecule has 2 aromatic carbocycles. The Hall–Kier alpha value is -4.19. The molecule has 4 rings (SSSR count). The minimum Gasteiger partial charge on any atom is -0.496 e. The van der Waals surface area contributed by atoms with Crippen molar-refractivity contribution in [1.29, 1.82) is 5.26 Å². The molecule has 0 aliphatic carbocycles. The molecule has 0 saturated carbocycles. The summed E-state index contributed by atoms with van der Waals surface area (Å²) in [4.78, 5) is 0. The van der Waals surface area contributed by atoms with E-state index in [4.69, 9.17) is 24.7 Å². The third-order valence-corrected chi connectivity index (χ3v) is 5.12. The number of nitriles is 1. The highest BCUT2D eigenvalue weighted by atomic mass is 19.1. The summed E-state index contributed by atoms with van der Waals surface area (Å²) in [6.45, 7) is 0. The Bertz CT molecular complexity index is 1210. The maximum atomic E-state index is 13.5. The molecule has 0 radical (unpaired) electrons. The summed E-state index contributed by atoms with van der Waals surface area (Å²) in [5.41, 5.74) is 8.65. The van der Waals surface area contributed by atoms with Crippen LogP contribution in [-0.2, 0) is 0 Å². The number of hydrogen-bond acceptors (Lipinski definition) is 7. The molecule has 0 bridgehead atoms. The minimum absolute atomic E-state index is 0.0611. The molecule has 0 spiro atoms. The van der Waals surface area contributed by atoms with Crippen LogP contribution < -0.4 is 24.7 Å². The van der Waals surface area contributed by atoms with E-state index in [1.807, 2.05) is 0 Å². The summed E-state index contributed by atoms with van der Waals surface area (Å²) in [7, 11) is 4.55. The quantitative estimate of drug-likeness (QED) is 0.647. The fourth-order valence-electron chi connectivity index (χ4n) is 3.67.